The lowest BCUT2D eigenvalue weighted by Crippen LogP contribution is -1.83. The molecule has 1 aromatic heterocycles. The van der Waals surface area contributed by atoms with Crippen molar-refractivity contribution in [2.45, 2.75) is 0 Å². The van der Waals surface area contributed by atoms with Crippen molar-refractivity contribution in [2.75, 3.05) is 7.11 Å². The fourth-order valence-electron chi connectivity index (χ4n) is 1.20. The van der Waals surface area contributed by atoms with Gasteiger partial charge in [-0.25, -0.2) is 4.98 Å². The minimum Gasteiger partial charge on any atom is -0.497 e. The second kappa shape index (κ2) is 3.31. The van der Waals surface area contributed by atoms with Gasteiger partial charge < -0.3 is 9.72 Å². The van der Waals surface area contributed by atoms with Crippen LogP contribution >= 0.6 is 0 Å². The number of aromatic amines is 1. The molecule has 0 spiro atoms. The predicted octanol–water partition coefficient (Wildman–Crippen LogP) is 2.09. The van der Waals surface area contributed by atoms with Gasteiger partial charge in [0.05, 0.1) is 19.1 Å². The maximum atomic E-state index is 5.11. The van der Waals surface area contributed by atoms with E-state index >= 15 is 0 Å². The molecule has 66 valence electrons. The first-order valence-corrected chi connectivity index (χ1v) is 4.03. The van der Waals surface area contributed by atoms with Gasteiger partial charge in [-0.05, 0) is 12.1 Å². The highest BCUT2D eigenvalue weighted by Crippen LogP contribution is 2.20. The van der Waals surface area contributed by atoms with E-state index in [9.17, 15) is 0 Å². The Morgan fingerprint density at radius 2 is 2.31 bits per heavy atom. The van der Waals surface area contributed by atoms with E-state index in [1.165, 1.54) is 0 Å². The number of rotatable bonds is 2. The van der Waals surface area contributed by atoms with Crippen LogP contribution in [0.1, 0.15) is 0 Å². The lowest BCUT2D eigenvalue weighted by atomic mass is 10.1. The molecule has 2 rings (SSSR count). The van der Waals surface area contributed by atoms with Crippen LogP contribution in [0.5, 0.6) is 5.75 Å². The average molecular weight is 174 g/mol. The molecule has 0 radical (unpaired) electrons. The number of aromatic nitrogens is 2. The molecule has 3 nitrogen and oxygen atoms in total. The maximum Gasteiger partial charge on any atom is 0.119 e. The number of hydrogen-bond acceptors (Lipinski definition) is 2. The standard InChI is InChI=1S/C10H10N2O/c1-13-9-4-2-3-8(5-9)10-6-11-7-12-10/h2-7H,1H3,(H,11,12). The Bertz CT molecular complexity index is 382. The molecule has 0 aliphatic rings. The molecule has 0 amide bonds. The minimum absolute atomic E-state index is 0.848. The highest BCUT2D eigenvalue weighted by molar-refractivity contribution is 5.60. The Hall–Kier alpha value is -1.77. The zero-order valence-electron chi connectivity index (χ0n) is 7.32. The molecule has 1 aromatic carbocycles. The molecule has 3 heteroatoms. The summed E-state index contributed by atoms with van der Waals surface area (Å²) in [7, 11) is 1.66. The van der Waals surface area contributed by atoms with Crippen LogP contribution in [0.4, 0.5) is 0 Å². The van der Waals surface area contributed by atoms with Crippen LogP contribution in [-0.2, 0) is 0 Å². The number of nitrogens with zero attached hydrogens (tertiary/aromatic N) is 1. The third-order valence-corrected chi connectivity index (χ3v) is 1.86. The van der Waals surface area contributed by atoms with Crippen molar-refractivity contribution in [2.24, 2.45) is 0 Å². The summed E-state index contributed by atoms with van der Waals surface area (Å²) in [5.74, 6) is 0.848. The summed E-state index contributed by atoms with van der Waals surface area (Å²) >= 11 is 0. The predicted molar refractivity (Wildman–Crippen MR) is 50.6 cm³/mol. The lowest BCUT2D eigenvalue weighted by Gasteiger charge is -2.00. The second-order valence-corrected chi connectivity index (χ2v) is 2.69. The Kier molecular flexibility index (Phi) is 2.00. The third kappa shape index (κ3) is 1.54. The molecule has 1 heterocycles. The van der Waals surface area contributed by atoms with Gasteiger partial charge in [-0.2, -0.15) is 0 Å². The molecule has 13 heavy (non-hydrogen) atoms. The topological polar surface area (TPSA) is 37.9 Å². The van der Waals surface area contributed by atoms with E-state index in [1.807, 2.05) is 30.5 Å². The normalized spacial score (nSPS) is 9.92. The van der Waals surface area contributed by atoms with E-state index < -0.39 is 0 Å². The Morgan fingerprint density at radius 1 is 1.38 bits per heavy atom. The van der Waals surface area contributed by atoms with Crippen LogP contribution in [0.25, 0.3) is 11.3 Å². The summed E-state index contributed by atoms with van der Waals surface area (Å²) in [6, 6.07) is 7.81. The molecule has 0 fully saturated rings. The van der Waals surface area contributed by atoms with Crippen molar-refractivity contribution >= 4 is 0 Å². The number of hydrogen-bond donors (Lipinski definition) is 1. The zero-order valence-corrected chi connectivity index (χ0v) is 7.32. The Labute approximate surface area is 76.4 Å². The van der Waals surface area contributed by atoms with E-state index in [4.69, 9.17) is 4.74 Å². The first-order chi connectivity index (χ1) is 6.40. The summed E-state index contributed by atoms with van der Waals surface area (Å²) in [6.07, 6.45) is 3.52. The number of H-pyrrole nitrogens is 1. The molecule has 0 aliphatic carbocycles. The van der Waals surface area contributed by atoms with Gasteiger partial charge in [-0.15, -0.1) is 0 Å². The van der Waals surface area contributed by atoms with Crippen molar-refractivity contribution in [1.82, 2.24) is 9.97 Å². The third-order valence-electron chi connectivity index (χ3n) is 1.86. The number of benzene rings is 1. The smallest absolute Gasteiger partial charge is 0.119 e. The van der Waals surface area contributed by atoms with Crippen LogP contribution < -0.4 is 4.74 Å². The molecule has 0 unspecified atom stereocenters. The van der Waals surface area contributed by atoms with Crippen LogP contribution in [0, 0.1) is 0 Å². The first-order valence-electron chi connectivity index (χ1n) is 4.03. The molecule has 0 aliphatic heterocycles. The number of ether oxygens (including phenoxy) is 1. The largest absolute Gasteiger partial charge is 0.497 e. The quantitative estimate of drug-likeness (QED) is 0.756. The van der Waals surface area contributed by atoms with Gasteiger partial charge in [-0.1, -0.05) is 12.1 Å². The highest BCUT2D eigenvalue weighted by Gasteiger charge is 1.99. The van der Waals surface area contributed by atoms with Gasteiger partial charge in [0, 0.05) is 11.8 Å². The van der Waals surface area contributed by atoms with Crippen molar-refractivity contribution < 1.29 is 4.74 Å². The molecule has 2 aromatic rings. The number of methoxy groups -OCH3 is 1. The fourth-order valence-corrected chi connectivity index (χ4v) is 1.20. The summed E-state index contributed by atoms with van der Waals surface area (Å²) in [6.45, 7) is 0. The molecule has 0 atom stereocenters. The van der Waals surface area contributed by atoms with Crippen molar-refractivity contribution in [3.63, 3.8) is 0 Å². The van der Waals surface area contributed by atoms with Crippen molar-refractivity contribution in [1.29, 1.82) is 0 Å². The molecule has 1 N–H and O–H groups in total. The van der Waals surface area contributed by atoms with E-state index in [0.29, 0.717) is 0 Å². The van der Waals surface area contributed by atoms with Gasteiger partial charge in [0.15, 0.2) is 0 Å². The van der Waals surface area contributed by atoms with Crippen molar-refractivity contribution in [3.8, 4) is 17.0 Å². The van der Waals surface area contributed by atoms with Gasteiger partial charge in [0.2, 0.25) is 0 Å². The van der Waals surface area contributed by atoms with Crippen LogP contribution in [0.3, 0.4) is 0 Å². The van der Waals surface area contributed by atoms with E-state index in [0.717, 1.165) is 17.0 Å². The van der Waals surface area contributed by atoms with Crippen LogP contribution in [-0.4, -0.2) is 17.1 Å². The van der Waals surface area contributed by atoms with E-state index in [2.05, 4.69) is 9.97 Å². The van der Waals surface area contributed by atoms with Crippen LogP contribution in [0.15, 0.2) is 36.8 Å². The van der Waals surface area contributed by atoms with E-state index in [-0.39, 0.29) is 0 Å². The van der Waals surface area contributed by atoms with Crippen molar-refractivity contribution in [3.05, 3.63) is 36.8 Å². The zero-order chi connectivity index (χ0) is 9.10. The summed E-state index contributed by atoms with van der Waals surface area (Å²) in [5, 5.41) is 0. The minimum atomic E-state index is 0.848. The van der Waals surface area contributed by atoms with Gasteiger partial charge in [0.1, 0.15) is 5.75 Å². The molecular formula is C10H10N2O. The summed E-state index contributed by atoms with van der Waals surface area (Å²) in [4.78, 5) is 7.06. The average Bonchev–Trinajstić information content (AvgIpc) is 2.71. The molecule has 0 saturated heterocycles. The van der Waals surface area contributed by atoms with Gasteiger partial charge in [-0.3, -0.25) is 0 Å². The number of nitrogens with one attached hydrogen (secondary N) is 1. The van der Waals surface area contributed by atoms with Crippen LogP contribution in [0.2, 0.25) is 0 Å². The molecule has 0 saturated carbocycles. The second-order valence-electron chi connectivity index (χ2n) is 2.69. The number of imidazole rings is 1. The maximum absolute atomic E-state index is 5.11. The summed E-state index contributed by atoms with van der Waals surface area (Å²) in [5.41, 5.74) is 1.99. The highest BCUT2D eigenvalue weighted by atomic mass is 16.5. The SMILES string of the molecule is COc1cccc(-c2c[nH]cn2)c1. The van der Waals surface area contributed by atoms with E-state index in [1.54, 1.807) is 13.4 Å². The monoisotopic (exact) mass is 174 g/mol. The Balaban J connectivity index is 2.41. The fraction of sp³-hybridized carbons (Fsp3) is 0.100. The van der Waals surface area contributed by atoms with Gasteiger partial charge >= 0.3 is 0 Å². The lowest BCUT2D eigenvalue weighted by molar-refractivity contribution is 0.415. The van der Waals surface area contributed by atoms with Gasteiger partial charge in [0.25, 0.3) is 0 Å². The summed E-state index contributed by atoms with van der Waals surface area (Å²) < 4.78 is 5.11. The molecule has 0 bridgehead atoms. The molecular weight excluding hydrogens is 164 g/mol. The first kappa shape index (κ1) is 7.86. The Morgan fingerprint density at radius 3 is 3.00 bits per heavy atom.